The molecule has 3 rings (SSSR count). The summed E-state index contributed by atoms with van der Waals surface area (Å²) in [4.78, 5) is 14.4. The first-order chi connectivity index (χ1) is 12.0. The fourth-order valence-electron chi connectivity index (χ4n) is 3.76. The van der Waals surface area contributed by atoms with E-state index in [1.165, 1.54) is 0 Å². The molecular formula is C19H28N2O4S. The van der Waals surface area contributed by atoms with E-state index in [2.05, 4.69) is 0 Å². The van der Waals surface area contributed by atoms with Crippen LogP contribution in [0.2, 0.25) is 0 Å². The first kappa shape index (κ1) is 19.2. The maximum Gasteiger partial charge on any atom is 0.410 e. The van der Waals surface area contributed by atoms with Crippen molar-refractivity contribution in [2.24, 2.45) is 11.8 Å². The van der Waals surface area contributed by atoms with Gasteiger partial charge in [-0.15, -0.1) is 0 Å². The minimum Gasteiger partial charge on any atom is -0.444 e. The maximum atomic E-state index is 13.0. The zero-order valence-corrected chi connectivity index (χ0v) is 16.8. The second-order valence-electron chi connectivity index (χ2n) is 8.49. The summed E-state index contributed by atoms with van der Waals surface area (Å²) in [6.07, 6.45) is 0.654. The lowest BCUT2D eigenvalue weighted by atomic mass is 9.86. The molecule has 2 heterocycles. The molecule has 2 bridgehead atoms. The van der Waals surface area contributed by atoms with Crippen molar-refractivity contribution in [2.75, 3.05) is 26.2 Å². The van der Waals surface area contributed by atoms with Gasteiger partial charge in [0.2, 0.25) is 10.0 Å². The fourth-order valence-corrected chi connectivity index (χ4v) is 5.36. The Bertz CT molecular complexity index is 754. The van der Waals surface area contributed by atoms with Crippen molar-refractivity contribution in [1.82, 2.24) is 9.21 Å². The summed E-state index contributed by atoms with van der Waals surface area (Å²) in [5.74, 6) is 0.297. The van der Waals surface area contributed by atoms with Gasteiger partial charge in [0.1, 0.15) is 5.60 Å². The number of rotatable bonds is 2. The topological polar surface area (TPSA) is 66.9 Å². The molecule has 144 valence electrons. The van der Waals surface area contributed by atoms with E-state index in [1.807, 2.05) is 39.8 Å². The van der Waals surface area contributed by atoms with Gasteiger partial charge in [-0.1, -0.05) is 17.7 Å². The lowest BCUT2D eigenvalue weighted by Crippen LogP contribution is -2.55. The highest BCUT2D eigenvalue weighted by molar-refractivity contribution is 7.89. The lowest BCUT2D eigenvalue weighted by molar-refractivity contribution is -0.000344. The number of fused-ring (bicyclic) bond motifs is 2. The van der Waals surface area contributed by atoms with Gasteiger partial charge in [0.05, 0.1) is 4.90 Å². The summed E-state index contributed by atoms with van der Waals surface area (Å²) >= 11 is 0. The molecule has 0 radical (unpaired) electrons. The second kappa shape index (κ2) is 6.85. The number of likely N-dealkylation sites (tertiary alicyclic amines) is 1. The summed E-state index contributed by atoms with van der Waals surface area (Å²) < 4.78 is 33.0. The highest BCUT2D eigenvalue weighted by atomic mass is 32.2. The molecule has 0 saturated carbocycles. The predicted octanol–water partition coefficient (Wildman–Crippen LogP) is 2.87. The van der Waals surface area contributed by atoms with Crippen molar-refractivity contribution in [3.05, 3.63) is 29.8 Å². The summed E-state index contributed by atoms with van der Waals surface area (Å²) in [7, 11) is -3.49. The largest absolute Gasteiger partial charge is 0.444 e. The second-order valence-corrected chi connectivity index (χ2v) is 10.4. The smallest absolute Gasteiger partial charge is 0.410 e. The average Bonchev–Trinajstić information content (AvgIpc) is 2.52. The summed E-state index contributed by atoms with van der Waals surface area (Å²) in [6.45, 7) is 9.49. The number of aryl methyl sites for hydroxylation is 1. The van der Waals surface area contributed by atoms with Crippen LogP contribution in [0.1, 0.15) is 32.8 Å². The third kappa shape index (κ3) is 4.20. The number of carbonyl (C=O) groups excluding carboxylic acids is 1. The molecule has 1 aromatic rings. The van der Waals surface area contributed by atoms with E-state index in [0.29, 0.717) is 31.1 Å². The summed E-state index contributed by atoms with van der Waals surface area (Å²) in [5, 5.41) is 0. The van der Waals surface area contributed by atoms with Crippen molar-refractivity contribution < 1.29 is 17.9 Å². The molecule has 0 aliphatic carbocycles. The van der Waals surface area contributed by atoms with Gasteiger partial charge < -0.3 is 9.64 Å². The molecule has 2 saturated heterocycles. The van der Waals surface area contributed by atoms with Crippen LogP contribution in [0, 0.1) is 18.8 Å². The van der Waals surface area contributed by atoms with Crippen molar-refractivity contribution in [2.45, 2.75) is 44.6 Å². The molecule has 0 aromatic heterocycles. The Kier molecular flexibility index (Phi) is 5.05. The first-order valence-electron chi connectivity index (χ1n) is 9.09. The van der Waals surface area contributed by atoms with E-state index < -0.39 is 15.6 Å². The van der Waals surface area contributed by atoms with E-state index in [-0.39, 0.29) is 17.9 Å². The van der Waals surface area contributed by atoms with Crippen LogP contribution in [0.15, 0.2) is 29.2 Å². The first-order valence-corrected chi connectivity index (χ1v) is 10.5. The van der Waals surface area contributed by atoms with Crippen LogP contribution in [-0.4, -0.2) is 55.5 Å². The minimum absolute atomic E-state index is 0.148. The quantitative estimate of drug-likeness (QED) is 0.791. The van der Waals surface area contributed by atoms with Crippen LogP contribution in [0.25, 0.3) is 0 Å². The fraction of sp³-hybridized carbons (Fsp3) is 0.632. The summed E-state index contributed by atoms with van der Waals surface area (Å²) in [6, 6.07) is 6.98. The number of sulfonamides is 1. The van der Waals surface area contributed by atoms with Crippen LogP contribution in [0.5, 0.6) is 0 Å². The van der Waals surface area contributed by atoms with Crippen molar-refractivity contribution >= 4 is 16.1 Å². The third-order valence-corrected chi connectivity index (χ3v) is 6.70. The standard InChI is InChI=1S/C19H28N2O4S/c1-14-5-7-17(8-6-14)26(23,24)21-12-15-9-16(13-21)11-20(10-15)18(22)25-19(2,3)4/h5-8,15-16H,9-13H2,1-4H3. The molecule has 26 heavy (non-hydrogen) atoms. The number of amides is 1. The average molecular weight is 381 g/mol. The molecule has 2 aliphatic heterocycles. The Morgan fingerprint density at radius 1 is 1.04 bits per heavy atom. The molecule has 0 spiro atoms. The molecule has 1 aromatic carbocycles. The highest BCUT2D eigenvalue weighted by Crippen LogP contribution is 2.32. The molecular weight excluding hydrogens is 352 g/mol. The van der Waals surface area contributed by atoms with Gasteiger partial charge in [-0.25, -0.2) is 13.2 Å². The van der Waals surface area contributed by atoms with E-state index in [9.17, 15) is 13.2 Å². The van der Waals surface area contributed by atoms with Gasteiger partial charge in [0, 0.05) is 26.2 Å². The van der Waals surface area contributed by atoms with Gasteiger partial charge in [-0.05, 0) is 58.1 Å². The zero-order chi connectivity index (χ0) is 19.1. The van der Waals surface area contributed by atoms with Crippen molar-refractivity contribution in [1.29, 1.82) is 0 Å². The predicted molar refractivity (Wildman–Crippen MR) is 99.3 cm³/mol. The highest BCUT2D eigenvalue weighted by Gasteiger charge is 2.41. The number of benzene rings is 1. The maximum absolute atomic E-state index is 13.0. The Morgan fingerprint density at radius 3 is 2.08 bits per heavy atom. The Labute approximate surface area is 156 Å². The Hall–Kier alpha value is -1.60. The molecule has 2 unspecified atom stereocenters. The number of nitrogens with zero attached hydrogens (tertiary/aromatic N) is 2. The van der Waals surface area contributed by atoms with Crippen LogP contribution in [0.4, 0.5) is 4.79 Å². The summed E-state index contributed by atoms with van der Waals surface area (Å²) in [5.41, 5.74) is 0.511. The van der Waals surface area contributed by atoms with E-state index >= 15 is 0 Å². The van der Waals surface area contributed by atoms with Crippen LogP contribution >= 0.6 is 0 Å². The lowest BCUT2D eigenvalue weighted by Gasteiger charge is -2.45. The van der Waals surface area contributed by atoms with Crippen LogP contribution in [0.3, 0.4) is 0 Å². The molecule has 2 aliphatic rings. The SMILES string of the molecule is Cc1ccc(S(=O)(=O)N2CC3CC(CN(C(=O)OC(C)(C)C)C3)C2)cc1. The van der Waals surface area contributed by atoms with Crippen LogP contribution in [-0.2, 0) is 14.8 Å². The van der Waals surface area contributed by atoms with Gasteiger partial charge >= 0.3 is 6.09 Å². The molecule has 7 heteroatoms. The van der Waals surface area contributed by atoms with Gasteiger partial charge in [0.15, 0.2) is 0 Å². The Balaban J connectivity index is 1.70. The van der Waals surface area contributed by atoms with Gasteiger partial charge in [0.25, 0.3) is 0 Å². The normalized spacial score (nSPS) is 24.4. The number of piperidine rings is 2. The van der Waals surface area contributed by atoms with E-state index in [0.717, 1.165) is 12.0 Å². The molecule has 6 nitrogen and oxygen atoms in total. The minimum atomic E-state index is -3.49. The number of hydrogen-bond donors (Lipinski definition) is 0. The van der Waals surface area contributed by atoms with Crippen LogP contribution < -0.4 is 0 Å². The number of hydrogen-bond acceptors (Lipinski definition) is 4. The van der Waals surface area contributed by atoms with Crippen molar-refractivity contribution in [3.8, 4) is 0 Å². The van der Waals surface area contributed by atoms with Gasteiger partial charge in [-0.3, -0.25) is 0 Å². The van der Waals surface area contributed by atoms with E-state index in [4.69, 9.17) is 4.74 Å². The Morgan fingerprint density at radius 2 is 1.58 bits per heavy atom. The third-order valence-electron chi connectivity index (χ3n) is 4.86. The number of ether oxygens (including phenoxy) is 1. The molecule has 2 atom stereocenters. The molecule has 1 amide bonds. The molecule has 2 fully saturated rings. The van der Waals surface area contributed by atoms with Crippen molar-refractivity contribution in [3.63, 3.8) is 0 Å². The van der Waals surface area contributed by atoms with E-state index in [1.54, 1.807) is 21.3 Å². The number of carbonyl (C=O) groups is 1. The van der Waals surface area contributed by atoms with Gasteiger partial charge in [-0.2, -0.15) is 4.31 Å². The molecule has 0 N–H and O–H groups in total. The monoisotopic (exact) mass is 380 g/mol. The zero-order valence-electron chi connectivity index (χ0n) is 15.9.